The van der Waals surface area contributed by atoms with Gasteiger partial charge in [0.15, 0.2) is 0 Å². The Morgan fingerprint density at radius 2 is 2.00 bits per heavy atom. The lowest BCUT2D eigenvalue weighted by Gasteiger charge is -2.19. The Morgan fingerprint density at radius 1 is 1.50 bits per heavy atom. The highest BCUT2D eigenvalue weighted by atomic mass is 16.6. The Hall–Kier alpha value is -0.990. The summed E-state index contributed by atoms with van der Waals surface area (Å²) >= 11 is 0. The molecule has 3 heteroatoms. The number of esters is 1. The first-order valence-electron chi connectivity index (χ1n) is 4.05. The summed E-state index contributed by atoms with van der Waals surface area (Å²) in [6.07, 6.45) is 1.90. The van der Waals surface area contributed by atoms with Crippen molar-refractivity contribution in [2.45, 2.75) is 39.7 Å². The number of carbonyl (C=O) groups excluding carboxylic acids is 1. The molecule has 0 amide bonds. The molecule has 0 saturated carbocycles. The fourth-order valence-electron chi connectivity index (χ4n) is 0.674. The van der Waals surface area contributed by atoms with E-state index in [1.165, 1.54) is 6.20 Å². The number of hydrogen-bond donors (Lipinski definition) is 1. The second-order valence-electron chi connectivity index (χ2n) is 3.55. The summed E-state index contributed by atoms with van der Waals surface area (Å²) in [4.78, 5) is 11.3. The van der Waals surface area contributed by atoms with E-state index in [4.69, 9.17) is 10.5 Å². The normalized spacial score (nSPS) is 12.8. The first-order chi connectivity index (χ1) is 5.40. The number of nitrogens with two attached hydrogens (primary N) is 1. The van der Waals surface area contributed by atoms with Crippen LogP contribution in [0, 0.1) is 0 Å². The summed E-state index contributed by atoms with van der Waals surface area (Å²) in [5, 5.41) is 0. The molecule has 0 atom stereocenters. The van der Waals surface area contributed by atoms with E-state index >= 15 is 0 Å². The molecule has 0 aromatic carbocycles. The maximum atomic E-state index is 11.3. The van der Waals surface area contributed by atoms with Crippen LogP contribution < -0.4 is 5.73 Å². The minimum atomic E-state index is -0.444. The number of carbonyl (C=O) groups is 1. The van der Waals surface area contributed by atoms with Gasteiger partial charge in [-0.1, -0.05) is 6.92 Å². The Kier molecular flexibility index (Phi) is 3.80. The lowest BCUT2D eigenvalue weighted by molar-refractivity contribution is -0.150. The third-order valence-electron chi connectivity index (χ3n) is 1.24. The largest absolute Gasteiger partial charge is 0.457 e. The van der Waals surface area contributed by atoms with Crippen LogP contribution in [0.4, 0.5) is 0 Å². The minimum absolute atomic E-state index is 0.326. The van der Waals surface area contributed by atoms with Crippen LogP contribution in [-0.2, 0) is 9.53 Å². The van der Waals surface area contributed by atoms with Crippen LogP contribution in [0.5, 0.6) is 0 Å². The summed E-state index contributed by atoms with van der Waals surface area (Å²) in [5.41, 5.74) is 5.31. The zero-order valence-electron chi connectivity index (χ0n) is 8.18. The third kappa shape index (κ3) is 4.01. The van der Waals surface area contributed by atoms with E-state index < -0.39 is 5.60 Å². The van der Waals surface area contributed by atoms with E-state index in [1.54, 1.807) is 0 Å². The van der Waals surface area contributed by atoms with Crippen molar-refractivity contribution in [3.8, 4) is 0 Å². The van der Waals surface area contributed by atoms with Gasteiger partial charge < -0.3 is 10.5 Å². The van der Waals surface area contributed by atoms with Crippen molar-refractivity contribution >= 4 is 5.97 Å². The number of hydrogen-bond acceptors (Lipinski definition) is 3. The molecule has 2 N–H and O–H groups in total. The lowest BCUT2D eigenvalue weighted by atomic mass is 10.1. The van der Waals surface area contributed by atoms with Crippen LogP contribution in [-0.4, -0.2) is 11.6 Å². The second kappa shape index (κ2) is 4.14. The topological polar surface area (TPSA) is 52.3 Å². The highest BCUT2D eigenvalue weighted by Gasteiger charge is 2.18. The summed E-state index contributed by atoms with van der Waals surface area (Å²) in [6, 6.07) is 0. The number of rotatable bonds is 2. The van der Waals surface area contributed by atoms with Crippen molar-refractivity contribution in [3.05, 3.63) is 11.8 Å². The molecule has 0 rings (SSSR count). The molecule has 0 radical (unpaired) electrons. The highest BCUT2D eigenvalue weighted by molar-refractivity contribution is 5.88. The Morgan fingerprint density at radius 3 is 2.25 bits per heavy atom. The maximum absolute atomic E-state index is 11.3. The van der Waals surface area contributed by atoms with Crippen LogP contribution in [0.3, 0.4) is 0 Å². The van der Waals surface area contributed by atoms with Gasteiger partial charge in [0.1, 0.15) is 5.60 Å². The van der Waals surface area contributed by atoms with Crippen LogP contribution >= 0.6 is 0 Å². The summed E-state index contributed by atoms with van der Waals surface area (Å²) < 4.78 is 5.09. The highest BCUT2D eigenvalue weighted by Crippen LogP contribution is 2.11. The Labute approximate surface area is 73.6 Å². The monoisotopic (exact) mass is 171 g/mol. The Balaban J connectivity index is 4.23. The van der Waals surface area contributed by atoms with E-state index in [9.17, 15) is 4.79 Å². The van der Waals surface area contributed by atoms with Crippen molar-refractivity contribution in [2.24, 2.45) is 5.73 Å². The first kappa shape index (κ1) is 11.0. The predicted molar refractivity (Wildman–Crippen MR) is 48.4 cm³/mol. The van der Waals surface area contributed by atoms with Crippen molar-refractivity contribution in [2.75, 3.05) is 0 Å². The van der Waals surface area contributed by atoms with Gasteiger partial charge in [0, 0.05) is 6.20 Å². The second-order valence-corrected chi connectivity index (χ2v) is 3.55. The molecular weight excluding hydrogens is 154 g/mol. The lowest BCUT2D eigenvalue weighted by Crippen LogP contribution is -2.25. The molecule has 0 aliphatic rings. The smallest absolute Gasteiger partial charge is 0.335 e. The van der Waals surface area contributed by atoms with Gasteiger partial charge in [0.2, 0.25) is 0 Å². The van der Waals surface area contributed by atoms with Gasteiger partial charge in [0.05, 0.1) is 5.57 Å². The van der Waals surface area contributed by atoms with Gasteiger partial charge in [-0.15, -0.1) is 0 Å². The zero-order chi connectivity index (χ0) is 9.78. The molecule has 0 saturated heterocycles. The molecular formula is C9H17NO2. The SMILES string of the molecule is CCC(=CN)C(=O)OC(C)(C)C. The predicted octanol–water partition coefficient (Wildman–Crippen LogP) is 1.58. The molecule has 0 aromatic rings. The van der Waals surface area contributed by atoms with Crippen LogP contribution in [0.25, 0.3) is 0 Å². The molecule has 0 heterocycles. The summed E-state index contributed by atoms with van der Waals surface area (Å²) in [6.45, 7) is 7.35. The average molecular weight is 171 g/mol. The first-order valence-corrected chi connectivity index (χ1v) is 4.05. The molecule has 0 aromatic heterocycles. The van der Waals surface area contributed by atoms with Crippen molar-refractivity contribution in [1.29, 1.82) is 0 Å². The molecule has 0 aliphatic carbocycles. The molecule has 0 aliphatic heterocycles. The van der Waals surface area contributed by atoms with E-state index in [2.05, 4.69) is 0 Å². The van der Waals surface area contributed by atoms with E-state index in [0.29, 0.717) is 12.0 Å². The molecule has 0 spiro atoms. The van der Waals surface area contributed by atoms with Crippen molar-refractivity contribution < 1.29 is 9.53 Å². The van der Waals surface area contributed by atoms with E-state index in [-0.39, 0.29) is 5.97 Å². The van der Waals surface area contributed by atoms with Gasteiger partial charge in [-0.3, -0.25) is 0 Å². The van der Waals surface area contributed by atoms with Gasteiger partial charge in [0.25, 0.3) is 0 Å². The van der Waals surface area contributed by atoms with Gasteiger partial charge in [-0.25, -0.2) is 4.79 Å². The van der Waals surface area contributed by atoms with E-state index in [1.807, 2.05) is 27.7 Å². The molecule has 0 fully saturated rings. The minimum Gasteiger partial charge on any atom is -0.457 e. The summed E-state index contributed by atoms with van der Waals surface area (Å²) in [5.74, 6) is -0.326. The van der Waals surface area contributed by atoms with Crippen molar-refractivity contribution in [1.82, 2.24) is 0 Å². The van der Waals surface area contributed by atoms with Gasteiger partial charge >= 0.3 is 5.97 Å². The van der Waals surface area contributed by atoms with Gasteiger partial charge in [-0.05, 0) is 27.2 Å². The molecule has 3 nitrogen and oxygen atoms in total. The fourth-order valence-corrected chi connectivity index (χ4v) is 0.674. The zero-order valence-corrected chi connectivity index (χ0v) is 8.18. The average Bonchev–Trinajstić information content (AvgIpc) is 1.85. The molecule has 0 unspecified atom stereocenters. The standard InChI is InChI=1S/C9H17NO2/c1-5-7(6-10)8(11)12-9(2,3)4/h6H,5,10H2,1-4H3. The van der Waals surface area contributed by atoms with Crippen LogP contribution in [0.1, 0.15) is 34.1 Å². The quantitative estimate of drug-likeness (QED) is 0.507. The fraction of sp³-hybridized carbons (Fsp3) is 0.667. The Bertz CT molecular complexity index is 189. The molecule has 12 heavy (non-hydrogen) atoms. The van der Waals surface area contributed by atoms with Gasteiger partial charge in [-0.2, -0.15) is 0 Å². The molecule has 70 valence electrons. The molecule has 0 bridgehead atoms. The number of ether oxygens (including phenoxy) is 1. The maximum Gasteiger partial charge on any atom is 0.335 e. The van der Waals surface area contributed by atoms with Crippen LogP contribution in [0.2, 0.25) is 0 Å². The third-order valence-corrected chi connectivity index (χ3v) is 1.24. The van der Waals surface area contributed by atoms with Crippen LogP contribution in [0.15, 0.2) is 11.8 Å². The summed E-state index contributed by atoms with van der Waals surface area (Å²) in [7, 11) is 0. The van der Waals surface area contributed by atoms with E-state index in [0.717, 1.165) is 0 Å². The van der Waals surface area contributed by atoms with Crippen molar-refractivity contribution in [3.63, 3.8) is 0 Å².